The molecule has 18 heavy (non-hydrogen) atoms. The summed E-state index contributed by atoms with van der Waals surface area (Å²) in [4.78, 5) is 23.2. The maximum absolute atomic E-state index is 11.7. The summed E-state index contributed by atoms with van der Waals surface area (Å²) in [7, 11) is 0. The summed E-state index contributed by atoms with van der Waals surface area (Å²) in [5, 5.41) is 0. The highest BCUT2D eigenvalue weighted by Crippen LogP contribution is 2.10. The Bertz CT molecular complexity index is 282. The van der Waals surface area contributed by atoms with Crippen LogP contribution in [0.15, 0.2) is 11.6 Å². The van der Waals surface area contributed by atoms with Crippen molar-refractivity contribution in [3.8, 4) is 0 Å². The molecule has 0 amide bonds. The van der Waals surface area contributed by atoms with Crippen molar-refractivity contribution in [3.63, 3.8) is 0 Å². The van der Waals surface area contributed by atoms with Crippen molar-refractivity contribution < 1.29 is 19.1 Å². The molecule has 0 radical (unpaired) electrons. The topological polar surface area (TPSA) is 52.6 Å². The van der Waals surface area contributed by atoms with Crippen molar-refractivity contribution in [1.82, 2.24) is 0 Å². The first-order chi connectivity index (χ1) is 8.65. The number of carbonyl (C=O) groups excluding carboxylic acids is 2. The Morgan fingerprint density at radius 1 is 0.944 bits per heavy atom. The smallest absolute Gasteiger partial charge is 0.334 e. The molecule has 0 aromatic rings. The van der Waals surface area contributed by atoms with Crippen molar-refractivity contribution in [3.05, 3.63) is 11.6 Å². The van der Waals surface area contributed by atoms with Gasteiger partial charge in [-0.25, -0.2) is 9.59 Å². The van der Waals surface area contributed by atoms with Crippen molar-refractivity contribution in [2.24, 2.45) is 0 Å². The fourth-order valence-corrected chi connectivity index (χ4v) is 1.27. The van der Waals surface area contributed by atoms with E-state index in [1.165, 1.54) is 6.08 Å². The number of unbranched alkanes of at least 4 members (excludes halogenated alkanes) is 1. The number of rotatable bonds is 9. The van der Waals surface area contributed by atoms with Crippen LogP contribution >= 0.6 is 0 Å². The van der Waals surface area contributed by atoms with Gasteiger partial charge in [-0.2, -0.15) is 0 Å². The summed E-state index contributed by atoms with van der Waals surface area (Å²) in [5.41, 5.74) is 0.409. The number of hydrogen-bond donors (Lipinski definition) is 0. The van der Waals surface area contributed by atoms with Gasteiger partial charge in [-0.05, 0) is 25.7 Å². The molecule has 0 rings (SSSR count). The Labute approximate surface area is 109 Å². The van der Waals surface area contributed by atoms with Gasteiger partial charge in [-0.15, -0.1) is 0 Å². The predicted molar refractivity (Wildman–Crippen MR) is 70.1 cm³/mol. The third-order valence-corrected chi connectivity index (χ3v) is 2.24. The van der Waals surface area contributed by atoms with Crippen LogP contribution in [0, 0.1) is 0 Å². The zero-order valence-electron chi connectivity index (χ0n) is 11.7. The summed E-state index contributed by atoms with van der Waals surface area (Å²) in [6, 6.07) is 0. The number of esters is 2. The number of carbonyl (C=O) groups is 2. The summed E-state index contributed by atoms with van der Waals surface area (Å²) in [6.45, 7) is 6.64. The average Bonchev–Trinajstić information content (AvgIpc) is 2.38. The zero-order valence-corrected chi connectivity index (χ0v) is 11.7. The molecule has 0 atom stereocenters. The van der Waals surface area contributed by atoms with Crippen LogP contribution in [0.1, 0.15) is 52.9 Å². The van der Waals surface area contributed by atoms with Crippen LogP contribution in [-0.4, -0.2) is 25.2 Å². The lowest BCUT2D eigenvalue weighted by molar-refractivity contribution is -0.141. The van der Waals surface area contributed by atoms with Gasteiger partial charge >= 0.3 is 11.9 Å². The van der Waals surface area contributed by atoms with Crippen molar-refractivity contribution in [2.45, 2.75) is 52.9 Å². The molecule has 0 N–H and O–H groups in total. The van der Waals surface area contributed by atoms with E-state index in [1.807, 2.05) is 20.8 Å². The molecule has 0 saturated carbocycles. The van der Waals surface area contributed by atoms with E-state index in [1.54, 1.807) is 0 Å². The Morgan fingerprint density at radius 2 is 1.56 bits per heavy atom. The van der Waals surface area contributed by atoms with Gasteiger partial charge in [0.15, 0.2) is 0 Å². The SMILES string of the molecule is CCCC/C(=C\C(=O)OCCC)C(=O)OCCC. The molecular weight excluding hydrogens is 232 g/mol. The lowest BCUT2D eigenvalue weighted by Crippen LogP contribution is -2.12. The molecule has 0 heterocycles. The van der Waals surface area contributed by atoms with Crippen LogP contribution in [0.2, 0.25) is 0 Å². The second kappa shape index (κ2) is 10.8. The van der Waals surface area contributed by atoms with Crippen LogP contribution in [-0.2, 0) is 19.1 Å². The van der Waals surface area contributed by atoms with E-state index in [9.17, 15) is 9.59 Å². The van der Waals surface area contributed by atoms with Crippen molar-refractivity contribution in [2.75, 3.05) is 13.2 Å². The Hall–Kier alpha value is -1.32. The second-order valence-corrected chi connectivity index (χ2v) is 4.08. The first-order valence-electron chi connectivity index (χ1n) is 6.70. The van der Waals surface area contributed by atoms with E-state index in [2.05, 4.69) is 0 Å². The maximum atomic E-state index is 11.7. The zero-order chi connectivity index (χ0) is 13.8. The average molecular weight is 256 g/mol. The first kappa shape index (κ1) is 16.7. The van der Waals surface area contributed by atoms with Gasteiger partial charge in [0.25, 0.3) is 0 Å². The van der Waals surface area contributed by atoms with Gasteiger partial charge in [0.1, 0.15) is 0 Å². The fourth-order valence-electron chi connectivity index (χ4n) is 1.27. The van der Waals surface area contributed by atoms with Crippen LogP contribution in [0.4, 0.5) is 0 Å². The monoisotopic (exact) mass is 256 g/mol. The van der Waals surface area contributed by atoms with Gasteiger partial charge in [0, 0.05) is 11.6 Å². The van der Waals surface area contributed by atoms with E-state index in [4.69, 9.17) is 9.47 Å². The molecule has 4 nitrogen and oxygen atoms in total. The molecule has 4 heteroatoms. The molecular formula is C14H24O4. The Morgan fingerprint density at radius 3 is 2.11 bits per heavy atom. The highest BCUT2D eigenvalue weighted by Gasteiger charge is 2.13. The molecule has 0 aliphatic rings. The van der Waals surface area contributed by atoms with Crippen LogP contribution in [0.5, 0.6) is 0 Å². The summed E-state index contributed by atoms with van der Waals surface area (Å²) >= 11 is 0. The van der Waals surface area contributed by atoms with Crippen LogP contribution < -0.4 is 0 Å². The molecule has 0 bridgehead atoms. The molecule has 0 unspecified atom stereocenters. The molecule has 0 aliphatic carbocycles. The van der Waals surface area contributed by atoms with E-state index < -0.39 is 11.9 Å². The van der Waals surface area contributed by atoms with E-state index in [0.717, 1.165) is 25.7 Å². The minimum atomic E-state index is -0.462. The maximum Gasteiger partial charge on any atom is 0.334 e. The highest BCUT2D eigenvalue weighted by atomic mass is 16.5. The summed E-state index contributed by atoms with van der Waals surface area (Å²) in [6.07, 6.45) is 5.18. The normalized spacial score (nSPS) is 11.2. The quantitative estimate of drug-likeness (QED) is 0.470. The van der Waals surface area contributed by atoms with Gasteiger partial charge in [-0.1, -0.05) is 27.2 Å². The second-order valence-electron chi connectivity index (χ2n) is 4.08. The first-order valence-corrected chi connectivity index (χ1v) is 6.70. The van der Waals surface area contributed by atoms with E-state index in [-0.39, 0.29) is 0 Å². The summed E-state index contributed by atoms with van der Waals surface area (Å²) < 4.78 is 9.97. The van der Waals surface area contributed by atoms with Crippen LogP contribution in [0.3, 0.4) is 0 Å². The van der Waals surface area contributed by atoms with E-state index >= 15 is 0 Å². The standard InChI is InChI=1S/C14H24O4/c1-4-7-8-12(14(16)18-10-6-3)11-13(15)17-9-5-2/h11H,4-10H2,1-3H3/b12-11+. The fraction of sp³-hybridized carbons (Fsp3) is 0.714. The molecule has 0 fully saturated rings. The number of ether oxygens (including phenoxy) is 2. The molecule has 104 valence electrons. The minimum Gasteiger partial charge on any atom is -0.463 e. The van der Waals surface area contributed by atoms with Crippen molar-refractivity contribution in [1.29, 1.82) is 0 Å². The molecule has 0 spiro atoms. The molecule has 0 aromatic heterocycles. The molecule has 0 aromatic carbocycles. The lowest BCUT2D eigenvalue weighted by Gasteiger charge is -2.07. The van der Waals surface area contributed by atoms with E-state index in [0.29, 0.717) is 25.2 Å². The lowest BCUT2D eigenvalue weighted by atomic mass is 10.1. The Kier molecular flexibility index (Phi) is 10.0. The third kappa shape index (κ3) is 7.87. The Balaban J connectivity index is 4.48. The number of hydrogen-bond acceptors (Lipinski definition) is 4. The summed E-state index contributed by atoms with van der Waals surface area (Å²) in [5.74, 6) is -0.866. The van der Waals surface area contributed by atoms with Gasteiger partial charge < -0.3 is 9.47 Å². The minimum absolute atomic E-state index is 0.375. The van der Waals surface area contributed by atoms with Crippen LogP contribution in [0.25, 0.3) is 0 Å². The predicted octanol–water partition coefficient (Wildman–Crippen LogP) is 3.01. The van der Waals surface area contributed by atoms with Crippen molar-refractivity contribution >= 4 is 11.9 Å². The third-order valence-electron chi connectivity index (χ3n) is 2.24. The van der Waals surface area contributed by atoms with Gasteiger partial charge in [0.05, 0.1) is 13.2 Å². The largest absolute Gasteiger partial charge is 0.463 e. The van der Waals surface area contributed by atoms with Gasteiger partial charge in [-0.3, -0.25) is 0 Å². The van der Waals surface area contributed by atoms with Gasteiger partial charge in [0.2, 0.25) is 0 Å². The highest BCUT2D eigenvalue weighted by molar-refractivity contribution is 5.96. The molecule has 0 aliphatic heterocycles. The molecule has 0 saturated heterocycles.